The number of aliphatic hydroxyl groups excluding tert-OH is 2. The third kappa shape index (κ3) is 4.27. The summed E-state index contributed by atoms with van der Waals surface area (Å²) >= 11 is 3.36. The molecule has 1 aromatic rings. The number of phenolic OH excluding ortho intramolecular Hbond substituents is 1. The number of nitrogens with one attached hydrogen (secondary N) is 1. The summed E-state index contributed by atoms with van der Waals surface area (Å²) in [4.78, 5) is 0. The van der Waals surface area contributed by atoms with Gasteiger partial charge in [-0.3, -0.25) is 0 Å². The van der Waals surface area contributed by atoms with Gasteiger partial charge in [0.25, 0.3) is 0 Å². The number of aliphatic hydroxyl groups is 2. The van der Waals surface area contributed by atoms with Crippen molar-refractivity contribution in [3.05, 3.63) is 28.2 Å². The predicted octanol–water partition coefficient (Wildman–Crippen LogP) is 1.55. The minimum absolute atomic E-state index is 0.0475. The summed E-state index contributed by atoms with van der Waals surface area (Å²) in [5, 5.41) is 30.9. The first-order valence-electron chi connectivity index (χ1n) is 5.59. The highest BCUT2D eigenvalue weighted by atomic mass is 79.9. The van der Waals surface area contributed by atoms with Crippen LogP contribution in [0.1, 0.15) is 24.9 Å². The summed E-state index contributed by atoms with van der Waals surface area (Å²) in [5.41, 5.74) is 0.784. The van der Waals surface area contributed by atoms with E-state index in [1.54, 1.807) is 12.1 Å². The van der Waals surface area contributed by atoms with E-state index in [1.165, 1.54) is 0 Å². The molecule has 0 saturated carbocycles. The number of hydrogen-bond acceptors (Lipinski definition) is 4. The minimum Gasteiger partial charge on any atom is -0.508 e. The lowest BCUT2D eigenvalue weighted by molar-refractivity contribution is 0.0916. The Morgan fingerprint density at radius 1 is 1.41 bits per heavy atom. The van der Waals surface area contributed by atoms with Crippen LogP contribution >= 0.6 is 15.9 Å². The van der Waals surface area contributed by atoms with Gasteiger partial charge in [0.1, 0.15) is 5.75 Å². The van der Waals surface area contributed by atoms with Crippen molar-refractivity contribution in [1.29, 1.82) is 0 Å². The van der Waals surface area contributed by atoms with E-state index in [9.17, 15) is 10.2 Å². The van der Waals surface area contributed by atoms with Gasteiger partial charge in [0.05, 0.1) is 12.7 Å². The van der Waals surface area contributed by atoms with E-state index in [0.717, 1.165) is 16.5 Å². The molecule has 2 unspecified atom stereocenters. The van der Waals surface area contributed by atoms with E-state index in [4.69, 9.17) is 5.11 Å². The van der Waals surface area contributed by atoms with Gasteiger partial charge in [0.2, 0.25) is 0 Å². The maximum atomic E-state index is 9.79. The van der Waals surface area contributed by atoms with Crippen LogP contribution in [0, 0.1) is 0 Å². The van der Waals surface area contributed by atoms with Crippen LogP contribution in [0.15, 0.2) is 22.7 Å². The maximum absolute atomic E-state index is 9.79. The smallest absolute Gasteiger partial charge is 0.120 e. The van der Waals surface area contributed by atoms with Gasteiger partial charge < -0.3 is 20.6 Å². The summed E-state index contributed by atoms with van der Waals surface area (Å²) < 4.78 is 0.897. The van der Waals surface area contributed by atoms with Crippen LogP contribution in [0.25, 0.3) is 0 Å². The van der Waals surface area contributed by atoms with E-state index >= 15 is 0 Å². The highest BCUT2D eigenvalue weighted by Crippen LogP contribution is 2.29. The van der Waals surface area contributed by atoms with Crippen molar-refractivity contribution < 1.29 is 15.3 Å². The molecule has 0 aromatic heterocycles. The Morgan fingerprint density at radius 3 is 2.71 bits per heavy atom. The van der Waals surface area contributed by atoms with Crippen molar-refractivity contribution in [2.75, 3.05) is 13.2 Å². The van der Waals surface area contributed by atoms with Gasteiger partial charge >= 0.3 is 0 Å². The molecule has 0 spiro atoms. The van der Waals surface area contributed by atoms with Crippen molar-refractivity contribution in [3.8, 4) is 5.75 Å². The lowest BCUT2D eigenvalue weighted by Crippen LogP contribution is -2.32. The first kappa shape index (κ1) is 14.4. The van der Waals surface area contributed by atoms with E-state index in [2.05, 4.69) is 21.2 Å². The van der Waals surface area contributed by atoms with Crippen molar-refractivity contribution in [2.45, 2.75) is 25.5 Å². The summed E-state index contributed by atoms with van der Waals surface area (Å²) in [6.07, 6.45) is 0.000613. The summed E-state index contributed by atoms with van der Waals surface area (Å²) in [7, 11) is 0. The molecule has 0 heterocycles. The summed E-state index contributed by atoms with van der Waals surface area (Å²) in [6, 6.07) is 5.20. The quantitative estimate of drug-likeness (QED) is 0.643. The molecule has 17 heavy (non-hydrogen) atoms. The SMILES string of the molecule is CCC(NCC(O)CO)c1cc(Br)ccc1O. The average Bonchev–Trinajstić information content (AvgIpc) is 2.33. The van der Waals surface area contributed by atoms with Crippen LogP contribution in [-0.2, 0) is 0 Å². The van der Waals surface area contributed by atoms with Crippen LogP contribution < -0.4 is 5.32 Å². The zero-order chi connectivity index (χ0) is 12.8. The Kier molecular flexibility index (Phi) is 5.91. The summed E-state index contributed by atoms with van der Waals surface area (Å²) in [5.74, 6) is 0.228. The fourth-order valence-electron chi connectivity index (χ4n) is 1.62. The molecule has 0 aliphatic heterocycles. The highest BCUT2D eigenvalue weighted by molar-refractivity contribution is 9.10. The van der Waals surface area contributed by atoms with Crippen LogP contribution in [0.3, 0.4) is 0 Å². The zero-order valence-corrected chi connectivity index (χ0v) is 11.3. The number of halogens is 1. The fourth-order valence-corrected chi connectivity index (χ4v) is 2.00. The lowest BCUT2D eigenvalue weighted by atomic mass is 10.0. The van der Waals surface area contributed by atoms with Crippen LogP contribution in [0.4, 0.5) is 0 Å². The van der Waals surface area contributed by atoms with Gasteiger partial charge in [-0.1, -0.05) is 22.9 Å². The van der Waals surface area contributed by atoms with E-state index in [0.29, 0.717) is 6.54 Å². The largest absolute Gasteiger partial charge is 0.508 e. The second-order valence-corrected chi connectivity index (χ2v) is 4.82. The molecule has 2 atom stereocenters. The van der Waals surface area contributed by atoms with Crippen molar-refractivity contribution in [2.24, 2.45) is 0 Å². The molecular formula is C12H18BrNO3. The van der Waals surface area contributed by atoms with Gasteiger partial charge in [0, 0.05) is 22.6 Å². The van der Waals surface area contributed by atoms with E-state index in [-0.39, 0.29) is 18.4 Å². The monoisotopic (exact) mass is 303 g/mol. The van der Waals surface area contributed by atoms with E-state index in [1.807, 2.05) is 13.0 Å². The van der Waals surface area contributed by atoms with Crippen molar-refractivity contribution in [1.82, 2.24) is 5.32 Å². The first-order chi connectivity index (χ1) is 8.08. The van der Waals surface area contributed by atoms with Crippen LogP contribution in [0.2, 0.25) is 0 Å². The molecule has 96 valence electrons. The van der Waals surface area contributed by atoms with Gasteiger partial charge in [-0.15, -0.1) is 0 Å². The second-order valence-electron chi connectivity index (χ2n) is 3.91. The highest BCUT2D eigenvalue weighted by Gasteiger charge is 2.14. The molecule has 0 bridgehead atoms. The molecule has 0 aliphatic rings. The number of hydrogen-bond donors (Lipinski definition) is 4. The Labute approximate surface area is 109 Å². The number of phenols is 1. The Morgan fingerprint density at radius 2 is 2.12 bits per heavy atom. The van der Waals surface area contributed by atoms with Gasteiger partial charge in [-0.05, 0) is 24.6 Å². The average molecular weight is 304 g/mol. The Balaban J connectivity index is 2.75. The van der Waals surface area contributed by atoms with Gasteiger partial charge in [-0.2, -0.15) is 0 Å². The molecule has 0 fully saturated rings. The minimum atomic E-state index is -0.779. The fraction of sp³-hybridized carbons (Fsp3) is 0.500. The molecule has 0 saturated heterocycles. The molecule has 5 heteroatoms. The topological polar surface area (TPSA) is 72.7 Å². The molecule has 0 amide bonds. The van der Waals surface area contributed by atoms with Crippen LogP contribution in [0.5, 0.6) is 5.75 Å². The molecular weight excluding hydrogens is 286 g/mol. The molecule has 1 rings (SSSR count). The molecule has 4 N–H and O–H groups in total. The zero-order valence-electron chi connectivity index (χ0n) is 9.73. The third-order valence-corrected chi connectivity index (χ3v) is 3.08. The molecule has 0 aliphatic carbocycles. The third-order valence-electron chi connectivity index (χ3n) is 2.58. The van der Waals surface area contributed by atoms with Gasteiger partial charge in [0.15, 0.2) is 0 Å². The number of aromatic hydroxyl groups is 1. The van der Waals surface area contributed by atoms with Crippen LogP contribution in [-0.4, -0.2) is 34.6 Å². The lowest BCUT2D eigenvalue weighted by Gasteiger charge is -2.20. The summed E-state index contributed by atoms with van der Waals surface area (Å²) in [6.45, 7) is 2.01. The van der Waals surface area contributed by atoms with Crippen molar-refractivity contribution >= 4 is 15.9 Å². The second kappa shape index (κ2) is 6.96. The molecule has 1 aromatic carbocycles. The Bertz CT molecular complexity index is 360. The van der Waals surface area contributed by atoms with E-state index < -0.39 is 6.10 Å². The first-order valence-corrected chi connectivity index (χ1v) is 6.38. The normalized spacial score (nSPS) is 14.6. The molecule has 0 radical (unpaired) electrons. The predicted molar refractivity (Wildman–Crippen MR) is 69.9 cm³/mol. The molecule has 4 nitrogen and oxygen atoms in total. The van der Waals surface area contributed by atoms with Gasteiger partial charge in [-0.25, -0.2) is 0 Å². The maximum Gasteiger partial charge on any atom is 0.120 e. The Hall–Kier alpha value is -0.620. The standard InChI is InChI=1S/C12H18BrNO3/c1-2-11(14-6-9(16)7-15)10-5-8(13)3-4-12(10)17/h3-5,9,11,14-17H,2,6-7H2,1H3. The van der Waals surface area contributed by atoms with Crippen molar-refractivity contribution in [3.63, 3.8) is 0 Å². The number of benzene rings is 1. The number of rotatable bonds is 6.